The number of nitro groups is 1. The van der Waals surface area contributed by atoms with Gasteiger partial charge in [0.15, 0.2) is 0 Å². The predicted molar refractivity (Wildman–Crippen MR) is 68.7 cm³/mol. The fraction of sp³-hybridized carbons (Fsp3) is 0. The van der Waals surface area contributed by atoms with Gasteiger partial charge in [-0.3, -0.25) is 10.1 Å². The Hall–Kier alpha value is -2.27. The number of halogens is 1. The minimum Gasteiger partial charge on any atom is -0.258 e. The monoisotopic (exact) mass is 261 g/mol. The minimum atomic E-state index is -0.502. The van der Waals surface area contributed by atoms with Crippen LogP contribution in [0.25, 0.3) is 0 Å². The highest BCUT2D eigenvalue weighted by atomic mass is 35.5. The molecule has 2 aromatic rings. The van der Waals surface area contributed by atoms with Crippen molar-refractivity contribution in [1.82, 2.24) is 0 Å². The Bertz CT molecular complexity index is 600. The van der Waals surface area contributed by atoms with Crippen molar-refractivity contribution < 1.29 is 4.92 Å². The first-order valence-corrected chi connectivity index (χ1v) is 5.45. The molecule has 5 nitrogen and oxygen atoms in total. The largest absolute Gasteiger partial charge is 0.271 e. The summed E-state index contributed by atoms with van der Waals surface area (Å²) in [5.41, 5.74) is 0.858. The molecule has 0 saturated heterocycles. The molecule has 0 saturated carbocycles. The van der Waals surface area contributed by atoms with Gasteiger partial charge in [-0.15, -0.1) is 5.11 Å². The molecule has 0 atom stereocenters. The van der Waals surface area contributed by atoms with Gasteiger partial charge in [0, 0.05) is 12.1 Å². The average molecular weight is 262 g/mol. The van der Waals surface area contributed by atoms with Gasteiger partial charge < -0.3 is 0 Å². The predicted octanol–water partition coefficient (Wildman–Crippen LogP) is 4.66. The Morgan fingerprint density at radius 3 is 2.44 bits per heavy atom. The molecule has 0 aliphatic heterocycles. The topological polar surface area (TPSA) is 67.9 Å². The Morgan fingerprint density at radius 2 is 1.78 bits per heavy atom. The summed E-state index contributed by atoms with van der Waals surface area (Å²) in [5.74, 6) is 0. The lowest BCUT2D eigenvalue weighted by Gasteiger charge is -1.97. The fourth-order valence-electron chi connectivity index (χ4n) is 1.30. The van der Waals surface area contributed by atoms with Crippen molar-refractivity contribution in [3.8, 4) is 0 Å². The smallest absolute Gasteiger partial charge is 0.258 e. The third-order valence-electron chi connectivity index (χ3n) is 2.17. The second kappa shape index (κ2) is 5.37. The van der Waals surface area contributed by atoms with Crippen molar-refractivity contribution in [1.29, 1.82) is 0 Å². The molecular formula is C12H8ClN3O2. The van der Waals surface area contributed by atoms with Crippen molar-refractivity contribution in [2.24, 2.45) is 10.2 Å². The molecule has 0 N–H and O–H groups in total. The first-order valence-electron chi connectivity index (χ1n) is 5.07. The van der Waals surface area contributed by atoms with Crippen LogP contribution in [0, 0.1) is 10.1 Å². The SMILES string of the molecule is O=[N+]([O-])c1ccc(Cl)c(N=Nc2ccccc2)c1. The molecule has 0 fully saturated rings. The van der Waals surface area contributed by atoms with E-state index in [1.54, 1.807) is 12.1 Å². The van der Waals surface area contributed by atoms with E-state index in [9.17, 15) is 10.1 Å². The Morgan fingerprint density at radius 1 is 1.06 bits per heavy atom. The first-order chi connectivity index (χ1) is 8.66. The molecule has 0 unspecified atom stereocenters. The summed E-state index contributed by atoms with van der Waals surface area (Å²) in [6, 6.07) is 13.1. The molecule has 0 spiro atoms. The van der Waals surface area contributed by atoms with E-state index in [0.29, 0.717) is 10.7 Å². The van der Waals surface area contributed by atoms with E-state index in [0.717, 1.165) is 0 Å². The van der Waals surface area contributed by atoms with Crippen LogP contribution >= 0.6 is 11.6 Å². The first kappa shape index (κ1) is 12.2. The summed E-state index contributed by atoms with van der Waals surface area (Å²) in [6.07, 6.45) is 0. The quantitative estimate of drug-likeness (QED) is 0.458. The second-order valence-corrected chi connectivity index (χ2v) is 3.84. The molecule has 0 bridgehead atoms. The van der Waals surface area contributed by atoms with E-state index in [2.05, 4.69) is 10.2 Å². The maximum absolute atomic E-state index is 10.6. The van der Waals surface area contributed by atoms with Crippen LogP contribution in [0.2, 0.25) is 5.02 Å². The molecule has 2 rings (SSSR count). The molecular weight excluding hydrogens is 254 g/mol. The third kappa shape index (κ3) is 2.89. The van der Waals surface area contributed by atoms with E-state index in [1.165, 1.54) is 18.2 Å². The molecule has 0 aliphatic rings. The summed E-state index contributed by atoms with van der Waals surface area (Å²) in [6.45, 7) is 0. The van der Waals surface area contributed by atoms with E-state index in [1.807, 2.05) is 18.2 Å². The van der Waals surface area contributed by atoms with Crippen molar-refractivity contribution in [3.05, 3.63) is 63.7 Å². The summed E-state index contributed by atoms with van der Waals surface area (Å²) in [5, 5.41) is 18.8. The van der Waals surface area contributed by atoms with Crippen LogP contribution in [-0.4, -0.2) is 4.92 Å². The van der Waals surface area contributed by atoms with Gasteiger partial charge in [0.25, 0.3) is 5.69 Å². The third-order valence-corrected chi connectivity index (χ3v) is 2.49. The number of hydrogen-bond donors (Lipinski definition) is 0. The lowest BCUT2D eigenvalue weighted by atomic mass is 10.3. The maximum Gasteiger partial charge on any atom is 0.271 e. The lowest BCUT2D eigenvalue weighted by Crippen LogP contribution is -1.86. The number of nitrogens with zero attached hydrogens (tertiary/aromatic N) is 3. The van der Waals surface area contributed by atoms with Gasteiger partial charge in [-0.25, -0.2) is 0 Å². The van der Waals surface area contributed by atoms with Crippen molar-refractivity contribution in [2.45, 2.75) is 0 Å². The molecule has 0 radical (unpaired) electrons. The van der Waals surface area contributed by atoms with Crippen molar-refractivity contribution in [2.75, 3.05) is 0 Å². The number of azo groups is 1. The zero-order valence-electron chi connectivity index (χ0n) is 9.15. The summed E-state index contributed by atoms with van der Waals surface area (Å²) < 4.78 is 0. The molecule has 0 aromatic heterocycles. The van der Waals surface area contributed by atoms with Gasteiger partial charge in [0.05, 0.1) is 15.6 Å². The summed E-state index contributed by atoms with van der Waals surface area (Å²) in [7, 11) is 0. The molecule has 90 valence electrons. The van der Waals surface area contributed by atoms with Gasteiger partial charge in [0.1, 0.15) is 5.69 Å². The molecule has 6 heteroatoms. The van der Waals surface area contributed by atoms with Crippen LogP contribution < -0.4 is 0 Å². The van der Waals surface area contributed by atoms with E-state index in [4.69, 9.17) is 11.6 Å². The Labute approximate surface area is 108 Å². The van der Waals surface area contributed by atoms with Crippen LogP contribution in [0.1, 0.15) is 0 Å². The number of non-ortho nitro benzene ring substituents is 1. The molecule has 0 amide bonds. The van der Waals surface area contributed by atoms with Gasteiger partial charge in [-0.2, -0.15) is 5.11 Å². The molecule has 18 heavy (non-hydrogen) atoms. The highest BCUT2D eigenvalue weighted by Gasteiger charge is 2.09. The fourth-order valence-corrected chi connectivity index (χ4v) is 1.45. The highest BCUT2D eigenvalue weighted by molar-refractivity contribution is 6.33. The standard InChI is InChI=1S/C12H8ClN3O2/c13-11-7-6-10(16(17)18)8-12(11)15-14-9-4-2-1-3-5-9/h1-8H. The normalized spacial score (nSPS) is 10.7. The van der Waals surface area contributed by atoms with Gasteiger partial charge >= 0.3 is 0 Å². The number of rotatable bonds is 3. The molecule has 2 aromatic carbocycles. The minimum absolute atomic E-state index is 0.0681. The summed E-state index contributed by atoms with van der Waals surface area (Å²) in [4.78, 5) is 10.1. The van der Waals surface area contributed by atoms with E-state index >= 15 is 0 Å². The number of hydrogen-bond acceptors (Lipinski definition) is 4. The second-order valence-electron chi connectivity index (χ2n) is 3.43. The maximum atomic E-state index is 10.6. The molecule has 0 aliphatic carbocycles. The van der Waals surface area contributed by atoms with Crippen LogP contribution in [0.15, 0.2) is 58.8 Å². The zero-order chi connectivity index (χ0) is 13.0. The van der Waals surface area contributed by atoms with Crippen LogP contribution in [0.3, 0.4) is 0 Å². The van der Waals surface area contributed by atoms with Crippen LogP contribution in [-0.2, 0) is 0 Å². The number of benzene rings is 2. The molecule has 0 heterocycles. The zero-order valence-corrected chi connectivity index (χ0v) is 9.91. The van der Waals surface area contributed by atoms with E-state index in [-0.39, 0.29) is 11.4 Å². The Kier molecular flexibility index (Phi) is 3.64. The van der Waals surface area contributed by atoms with E-state index < -0.39 is 4.92 Å². The van der Waals surface area contributed by atoms with Gasteiger partial charge in [0.2, 0.25) is 0 Å². The summed E-state index contributed by atoms with van der Waals surface area (Å²) >= 11 is 5.89. The van der Waals surface area contributed by atoms with Crippen molar-refractivity contribution >= 4 is 28.7 Å². The van der Waals surface area contributed by atoms with Crippen LogP contribution in [0.4, 0.5) is 17.1 Å². The lowest BCUT2D eigenvalue weighted by molar-refractivity contribution is -0.384. The number of nitro benzene ring substituents is 1. The Balaban J connectivity index is 2.31. The van der Waals surface area contributed by atoms with Crippen molar-refractivity contribution in [3.63, 3.8) is 0 Å². The van der Waals surface area contributed by atoms with Crippen LogP contribution in [0.5, 0.6) is 0 Å². The van der Waals surface area contributed by atoms with Gasteiger partial charge in [-0.1, -0.05) is 29.8 Å². The average Bonchev–Trinajstić information content (AvgIpc) is 2.38. The highest BCUT2D eigenvalue weighted by Crippen LogP contribution is 2.30. The van der Waals surface area contributed by atoms with Gasteiger partial charge in [-0.05, 0) is 18.2 Å².